The normalized spacial score (nSPS) is 17.2. The molecule has 0 aliphatic carbocycles. The minimum absolute atomic E-state index is 0.184. The molecule has 1 aromatic heterocycles. The van der Waals surface area contributed by atoms with Crippen LogP contribution >= 0.6 is 11.8 Å². The molecule has 0 bridgehead atoms. The highest BCUT2D eigenvalue weighted by atomic mass is 32.2. The molecule has 1 aliphatic heterocycles. The second-order valence-corrected chi connectivity index (χ2v) is 8.11. The van der Waals surface area contributed by atoms with Gasteiger partial charge in [0.25, 0.3) is 0 Å². The molecule has 1 aromatic carbocycles. The lowest BCUT2D eigenvalue weighted by atomic mass is 10.0. The Morgan fingerprint density at radius 2 is 2.11 bits per heavy atom. The molecule has 27 heavy (non-hydrogen) atoms. The lowest BCUT2D eigenvalue weighted by molar-refractivity contribution is -0.131. The molecule has 7 heteroatoms. The van der Waals surface area contributed by atoms with E-state index >= 15 is 0 Å². The number of nitrogens with zero attached hydrogens (tertiary/aromatic N) is 4. The number of aryl methyl sites for hydroxylation is 1. The summed E-state index contributed by atoms with van der Waals surface area (Å²) in [7, 11) is 1.91. The molecule has 0 saturated carbocycles. The van der Waals surface area contributed by atoms with Gasteiger partial charge in [-0.1, -0.05) is 23.9 Å². The fourth-order valence-electron chi connectivity index (χ4n) is 3.30. The van der Waals surface area contributed by atoms with Gasteiger partial charge >= 0.3 is 0 Å². The number of benzene rings is 1. The van der Waals surface area contributed by atoms with E-state index in [1.165, 1.54) is 23.7 Å². The Labute approximate surface area is 165 Å². The lowest BCUT2D eigenvalue weighted by Gasteiger charge is -2.33. The molecule has 1 aliphatic rings. The molecule has 2 aromatic rings. The van der Waals surface area contributed by atoms with Crippen LogP contribution in [0.5, 0.6) is 5.75 Å². The van der Waals surface area contributed by atoms with Crippen molar-refractivity contribution in [3.63, 3.8) is 0 Å². The summed E-state index contributed by atoms with van der Waals surface area (Å²) in [6, 6.07) is 6.36. The SMILES string of the molecule is Cc1cccc(OCc2nnc(SCC(=O)N3CCCC[C@@H]3C)n2C)c1C. The van der Waals surface area contributed by atoms with E-state index in [-0.39, 0.29) is 5.91 Å². The van der Waals surface area contributed by atoms with Crippen LogP contribution in [0.2, 0.25) is 0 Å². The lowest BCUT2D eigenvalue weighted by Crippen LogP contribution is -2.42. The predicted octanol–water partition coefficient (Wildman–Crippen LogP) is 3.50. The molecule has 6 nitrogen and oxygen atoms in total. The zero-order valence-corrected chi connectivity index (χ0v) is 17.4. The van der Waals surface area contributed by atoms with Gasteiger partial charge in [0, 0.05) is 19.6 Å². The maximum atomic E-state index is 12.5. The monoisotopic (exact) mass is 388 g/mol. The van der Waals surface area contributed by atoms with Crippen molar-refractivity contribution in [2.24, 2.45) is 7.05 Å². The summed E-state index contributed by atoms with van der Waals surface area (Å²) in [5.41, 5.74) is 2.34. The Morgan fingerprint density at radius 3 is 2.89 bits per heavy atom. The first-order valence-corrected chi connectivity index (χ1v) is 10.5. The summed E-state index contributed by atoms with van der Waals surface area (Å²) in [5.74, 6) is 2.19. The predicted molar refractivity (Wildman–Crippen MR) is 107 cm³/mol. The topological polar surface area (TPSA) is 60.3 Å². The van der Waals surface area contributed by atoms with E-state index in [1.54, 1.807) is 0 Å². The van der Waals surface area contributed by atoms with Crippen LogP contribution in [0.3, 0.4) is 0 Å². The van der Waals surface area contributed by atoms with E-state index in [0.29, 0.717) is 18.4 Å². The number of likely N-dealkylation sites (tertiary alicyclic amines) is 1. The summed E-state index contributed by atoms with van der Waals surface area (Å²) in [6.07, 6.45) is 3.41. The number of carbonyl (C=O) groups is 1. The van der Waals surface area contributed by atoms with E-state index in [2.05, 4.69) is 37.0 Å². The van der Waals surface area contributed by atoms with Crippen molar-refractivity contribution in [3.05, 3.63) is 35.2 Å². The van der Waals surface area contributed by atoms with Crippen LogP contribution in [0.4, 0.5) is 0 Å². The first-order valence-electron chi connectivity index (χ1n) is 9.47. The minimum atomic E-state index is 0.184. The minimum Gasteiger partial charge on any atom is -0.485 e. The first kappa shape index (κ1) is 19.7. The Morgan fingerprint density at radius 1 is 1.30 bits per heavy atom. The quantitative estimate of drug-likeness (QED) is 0.709. The van der Waals surface area contributed by atoms with Gasteiger partial charge in [-0.05, 0) is 57.2 Å². The average molecular weight is 389 g/mol. The van der Waals surface area contributed by atoms with Crippen LogP contribution < -0.4 is 4.74 Å². The van der Waals surface area contributed by atoms with Gasteiger partial charge in [-0.3, -0.25) is 4.79 Å². The zero-order valence-electron chi connectivity index (χ0n) is 16.6. The molecule has 0 unspecified atom stereocenters. The summed E-state index contributed by atoms with van der Waals surface area (Å²) < 4.78 is 7.83. The van der Waals surface area contributed by atoms with E-state index in [9.17, 15) is 4.79 Å². The molecule has 1 fully saturated rings. The Kier molecular flexibility index (Phi) is 6.42. The summed E-state index contributed by atoms with van der Waals surface area (Å²) >= 11 is 1.44. The average Bonchev–Trinajstić information content (AvgIpc) is 3.01. The van der Waals surface area contributed by atoms with Crippen molar-refractivity contribution in [2.45, 2.75) is 57.8 Å². The number of hydrogen-bond acceptors (Lipinski definition) is 5. The number of rotatable bonds is 6. The van der Waals surface area contributed by atoms with E-state index in [0.717, 1.165) is 41.7 Å². The van der Waals surface area contributed by atoms with Gasteiger partial charge in [0.2, 0.25) is 5.91 Å². The van der Waals surface area contributed by atoms with Crippen LogP contribution in [0.15, 0.2) is 23.4 Å². The van der Waals surface area contributed by atoms with Crippen LogP contribution in [-0.2, 0) is 18.4 Å². The number of hydrogen-bond donors (Lipinski definition) is 0. The molecule has 0 N–H and O–H groups in total. The van der Waals surface area contributed by atoms with Crippen molar-refractivity contribution < 1.29 is 9.53 Å². The third-order valence-electron chi connectivity index (χ3n) is 5.28. The Bertz CT molecular complexity index is 805. The number of ether oxygens (including phenoxy) is 1. The second-order valence-electron chi connectivity index (χ2n) is 7.17. The van der Waals surface area contributed by atoms with Crippen molar-refractivity contribution in [2.75, 3.05) is 12.3 Å². The van der Waals surface area contributed by atoms with Crippen LogP contribution in [-0.4, -0.2) is 43.9 Å². The van der Waals surface area contributed by atoms with Gasteiger partial charge < -0.3 is 14.2 Å². The highest BCUT2D eigenvalue weighted by Crippen LogP contribution is 2.23. The van der Waals surface area contributed by atoms with Crippen molar-refractivity contribution in [1.29, 1.82) is 0 Å². The number of amides is 1. The molecule has 0 radical (unpaired) electrons. The van der Waals surface area contributed by atoms with E-state index < -0.39 is 0 Å². The summed E-state index contributed by atoms with van der Waals surface area (Å²) in [5, 5.41) is 9.20. The fourth-order valence-corrected chi connectivity index (χ4v) is 4.11. The molecule has 0 spiro atoms. The molecular formula is C20H28N4O2S. The molecule has 1 saturated heterocycles. The number of aromatic nitrogens is 3. The molecule has 2 heterocycles. The molecule has 1 atom stereocenters. The molecular weight excluding hydrogens is 360 g/mol. The second kappa shape index (κ2) is 8.78. The molecule has 3 rings (SSSR count). The molecule has 1 amide bonds. The van der Waals surface area contributed by atoms with Gasteiger partial charge in [0.1, 0.15) is 12.4 Å². The van der Waals surface area contributed by atoms with Gasteiger partial charge in [0.15, 0.2) is 11.0 Å². The maximum absolute atomic E-state index is 12.5. The standard InChI is InChI=1S/C20H28N4O2S/c1-14-8-7-10-17(16(14)3)26-12-18-21-22-20(23(18)4)27-13-19(25)24-11-6-5-9-15(24)2/h7-8,10,15H,5-6,9,11-13H2,1-4H3/t15-/m0/s1. The van der Waals surface area contributed by atoms with Crippen molar-refractivity contribution in [3.8, 4) is 5.75 Å². The van der Waals surface area contributed by atoms with Gasteiger partial charge in [-0.2, -0.15) is 0 Å². The van der Waals surface area contributed by atoms with E-state index in [1.807, 2.05) is 28.6 Å². The summed E-state index contributed by atoms with van der Waals surface area (Å²) in [6.45, 7) is 7.47. The Balaban J connectivity index is 1.57. The zero-order chi connectivity index (χ0) is 19.4. The van der Waals surface area contributed by atoms with Crippen LogP contribution in [0.1, 0.15) is 43.1 Å². The maximum Gasteiger partial charge on any atom is 0.233 e. The smallest absolute Gasteiger partial charge is 0.233 e. The fraction of sp³-hybridized carbons (Fsp3) is 0.550. The third-order valence-corrected chi connectivity index (χ3v) is 6.29. The van der Waals surface area contributed by atoms with Gasteiger partial charge in [-0.25, -0.2) is 0 Å². The van der Waals surface area contributed by atoms with Crippen LogP contribution in [0.25, 0.3) is 0 Å². The van der Waals surface area contributed by atoms with E-state index in [4.69, 9.17) is 4.74 Å². The molecule has 146 valence electrons. The van der Waals surface area contributed by atoms with Crippen molar-refractivity contribution >= 4 is 17.7 Å². The largest absolute Gasteiger partial charge is 0.485 e. The number of thioether (sulfide) groups is 1. The van der Waals surface area contributed by atoms with Gasteiger partial charge in [-0.15, -0.1) is 10.2 Å². The van der Waals surface area contributed by atoms with Gasteiger partial charge in [0.05, 0.1) is 5.75 Å². The summed E-state index contributed by atoms with van der Waals surface area (Å²) in [4.78, 5) is 14.5. The first-order chi connectivity index (χ1) is 13.0. The number of piperidine rings is 1. The highest BCUT2D eigenvalue weighted by molar-refractivity contribution is 7.99. The highest BCUT2D eigenvalue weighted by Gasteiger charge is 2.23. The number of carbonyl (C=O) groups excluding carboxylic acids is 1. The van der Waals surface area contributed by atoms with Crippen molar-refractivity contribution in [1.82, 2.24) is 19.7 Å². The Hall–Kier alpha value is -2.02. The third kappa shape index (κ3) is 4.64. The van der Waals surface area contributed by atoms with Crippen LogP contribution in [0, 0.1) is 13.8 Å².